The minimum absolute atomic E-state index is 0.00764. The van der Waals surface area contributed by atoms with Gasteiger partial charge in [0.2, 0.25) is 5.91 Å². The van der Waals surface area contributed by atoms with Gasteiger partial charge in [-0.2, -0.15) is 0 Å². The van der Waals surface area contributed by atoms with Gasteiger partial charge in [-0.15, -0.1) is 0 Å². The van der Waals surface area contributed by atoms with Crippen LogP contribution < -0.4 is 10.1 Å². The maximum atomic E-state index is 12.1. The molecule has 0 aliphatic carbocycles. The lowest BCUT2D eigenvalue weighted by Gasteiger charge is -2.17. The first-order valence-corrected chi connectivity index (χ1v) is 6.39. The summed E-state index contributed by atoms with van der Waals surface area (Å²) in [6, 6.07) is 7.88. The van der Waals surface area contributed by atoms with Gasteiger partial charge in [0.15, 0.2) is 0 Å². The number of likely N-dealkylation sites (tertiary alicyclic amines) is 1. The third-order valence-electron chi connectivity index (χ3n) is 3.28. The number of nitrogens with one attached hydrogen (secondary N) is 1. The number of rotatable bonds is 5. The Morgan fingerprint density at radius 3 is 2.72 bits per heavy atom. The largest absolute Gasteiger partial charge is 0.497 e. The van der Waals surface area contributed by atoms with E-state index in [1.54, 1.807) is 7.11 Å². The predicted molar refractivity (Wildman–Crippen MR) is 70.5 cm³/mol. The van der Waals surface area contributed by atoms with Gasteiger partial charge in [-0.3, -0.25) is 4.79 Å². The van der Waals surface area contributed by atoms with Crippen LogP contribution in [0.15, 0.2) is 24.3 Å². The van der Waals surface area contributed by atoms with Crippen LogP contribution >= 0.6 is 0 Å². The maximum Gasteiger partial charge on any atom is 0.240 e. The average Bonchev–Trinajstić information content (AvgIpc) is 2.73. The Bertz CT molecular complexity index is 403. The summed E-state index contributed by atoms with van der Waals surface area (Å²) in [6.45, 7) is 4.39. The Morgan fingerprint density at radius 1 is 1.39 bits per heavy atom. The van der Waals surface area contributed by atoms with Crippen molar-refractivity contribution in [3.05, 3.63) is 29.8 Å². The summed E-state index contributed by atoms with van der Waals surface area (Å²) < 4.78 is 5.12. The number of ether oxygens (including phenoxy) is 1. The van der Waals surface area contributed by atoms with Gasteiger partial charge >= 0.3 is 0 Å². The Hall–Kier alpha value is -1.55. The van der Waals surface area contributed by atoms with Crippen molar-refractivity contribution in [3.8, 4) is 5.75 Å². The van der Waals surface area contributed by atoms with E-state index in [0.717, 1.165) is 30.8 Å². The smallest absolute Gasteiger partial charge is 0.240 e. The molecule has 1 fully saturated rings. The minimum atomic E-state index is 0.00764. The molecule has 1 atom stereocenters. The van der Waals surface area contributed by atoms with Gasteiger partial charge in [-0.25, -0.2) is 0 Å². The van der Waals surface area contributed by atoms with Crippen molar-refractivity contribution >= 4 is 5.91 Å². The molecule has 0 bridgehead atoms. The summed E-state index contributed by atoms with van der Waals surface area (Å²) in [7, 11) is 1.65. The second-order valence-corrected chi connectivity index (χ2v) is 4.51. The number of amides is 1. The van der Waals surface area contributed by atoms with Gasteiger partial charge in [0.25, 0.3) is 0 Å². The van der Waals surface area contributed by atoms with Gasteiger partial charge in [0.05, 0.1) is 13.2 Å². The van der Waals surface area contributed by atoms with E-state index >= 15 is 0 Å². The Morgan fingerprint density at radius 2 is 2.11 bits per heavy atom. The van der Waals surface area contributed by atoms with Crippen LogP contribution in [0.25, 0.3) is 0 Å². The maximum absolute atomic E-state index is 12.1. The highest BCUT2D eigenvalue weighted by atomic mass is 16.5. The number of carbonyl (C=O) groups is 1. The Labute approximate surface area is 108 Å². The van der Waals surface area contributed by atoms with E-state index in [9.17, 15) is 4.79 Å². The molecular formula is C14H20N2O2. The lowest BCUT2D eigenvalue weighted by molar-refractivity contribution is -0.129. The molecule has 4 nitrogen and oxygen atoms in total. The molecule has 1 N–H and O–H groups in total. The fourth-order valence-electron chi connectivity index (χ4n) is 2.28. The zero-order valence-corrected chi connectivity index (χ0v) is 11.0. The van der Waals surface area contributed by atoms with Crippen molar-refractivity contribution in [2.24, 2.45) is 0 Å². The topological polar surface area (TPSA) is 41.6 Å². The number of benzene rings is 1. The summed E-state index contributed by atoms with van der Waals surface area (Å²) in [5.74, 6) is 1.06. The quantitative estimate of drug-likeness (QED) is 0.856. The van der Waals surface area contributed by atoms with Crippen LogP contribution in [0.3, 0.4) is 0 Å². The van der Waals surface area contributed by atoms with E-state index in [4.69, 9.17) is 4.74 Å². The highest BCUT2D eigenvalue weighted by Gasteiger charge is 2.30. The summed E-state index contributed by atoms with van der Waals surface area (Å²) in [4.78, 5) is 14.0. The van der Waals surface area contributed by atoms with Crippen LogP contribution in [-0.4, -0.2) is 37.0 Å². The number of methoxy groups -OCH3 is 1. The third kappa shape index (κ3) is 2.82. The molecule has 2 rings (SSSR count). The third-order valence-corrected chi connectivity index (χ3v) is 3.28. The number of nitrogens with zero attached hydrogens (tertiary/aromatic N) is 1. The molecule has 1 amide bonds. The normalized spacial score (nSPS) is 19.3. The Balaban J connectivity index is 1.95. The molecule has 0 spiro atoms. The van der Waals surface area contributed by atoms with E-state index in [1.165, 1.54) is 0 Å². The summed E-state index contributed by atoms with van der Waals surface area (Å²) in [5, 5.41) is 3.22. The first-order valence-electron chi connectivity index (χ1n) is 6.39. The van der Waals surface area contributed by atoms with E-state index in [2.05, 4.69) is 5.32 Å². The zero-order valence-electron chi connectivity index (χ0n) is 11.0. The highest BCUT2D eigenvalue weighted by molar-refractivity contribution is 5.83. The molecule has 98 valence electrons. The zero-order chi connectivity index (χ0) is 13.0. The number of hydrogen-bond acceptors (Lipinski definition) is 3. The highest BCUT2D eigenvalue weighted by Crippen LogP contribution is 2.17. The molecular weight excluding hydrogens is 228 g/mol. The molecule has 1 heterocycles. The van der Waals surface area contributed by atoms with Crippen molar-refractivity contribution in [2.75, 3.05) is 20.2 Å². The van der Waals surface area contributed by atoms with Gasteiger partial charge in [-0.1, -0.05) is 19.1 Å². The summed E-state index contributed by atoms with van der Waals surface area (Å²) >= 11 is 0. The van der Waals surface area contributed by atoms with Crippen LogP contribution in [-0.2, 0) is 11.3 Å². The molecule has 1 aliphatic rings. The number of carbonyl (C=O) groups excluding carboxylic acids is 1. The molecule has 0 aromatic heterocycles. The SMILES string of the molecule is CCNC1CCN(Cc2ccc(OC)cc2)C1=O. The molecule has 1 aliphatic heterocycles. The van der Waals surface area contributed by atoms with Crippen molar-refractivity contribution in [3.63, 3.8) is 0 Å². The van der Waals surface area contributed by atoms with Crippen LogP contribution in [0.4, 0.5) is 0 Å². The monoisotopic (exact) mass is 248 g/mol. The molecule has 1 aromatic rings. The lowest BCUT2D eigenvalue weighted by atomic mass is 10.2. The van der Waals surface area contributed by atoms with Crippen LogP contribution in [0.1, 0.15) is 18.9 Å². The van der Waals surface area contributed by atoms with Crippen LogP contribution in [0.5, 0.6) is 5.75 Å². The Kier molecular flexibility index (Phi) is 4.20. The van der Waals surface area contributed by atoms with Crippen molar-refractivity contribution < 1.29 is 9.53 Å². The molecule has 4 heteroatoms. The van der Waals surface area contributed by atoms with Crippen molar-refractivity contribution in [1.82, 2.24) is 10.2 Å². The molecule has 1 saturated heterocycles. The molecule has 0 saturated carbocycles. The molecule has 0 radical (unpaired) electrons. The second-order valence-electron chi connectivity index (χ2n) is 4.51. The van der Waals surface area contributed by atoms with Crippen molar-refractivity contribution in [2.45, 2.75) is 25.9 Å². The standard InChI is InChI=1S/C14H20N2O2/c1-3-15-13-8-9-16(14(13)17)10-11-4-6-12(18-2)7-5-11/h4-7,13,15H,3,8-10H2,1-2H3. The predicted octanol–water partition coefficient (Wildman–Crippen LogP) is 1.41. The van der Waals surface area contributed by atoms with Gasteiger partial charge in [0.1, 0.15) is 5.75 Å². The van der Waals surface area contributed by atoms with Crippen LogP contribution in [0, 0.1) is 0 Å². The summed E-state index contributed by atoms with van der Waals surface area (Å²) in [5.41, 5.74) is 1.14. The molecule has 18 heavy (non-hydrogen) atoms. The fraction of sp³-hybridized carbons (Fsp3) is 0.500. The number of hydrogen-bond donors (Lipinski definition) is 1. The van der Waals surface area contributed by atoms with Gasteiger partial charge in [-0.05, 0) is 30.7 Å². The van der Waals surface area contributed by atoms with Gasteiger partial charge < -0.3 is 15.0 Å². The van der Waals surface area contributed by atoms with E-state index in [-0.39, 0.29) is 11.9 Å². The van der Waals surface area contributed by atoms with Gasteiger partial charge in [0, 0.05) is 13.1 Å². The molecule has 1 aromatic carbocycles. The number of likely N-dealkylation sites (N-methyl/N-ethyl adjacent to an activating group) is 1. The summed E-state index contributed by atoms with van der Waals surface area (Å²) in [6.07, 6.45) is 0.906. The minimum Gasteiger partial charge on any atom is -0.497 e. The van der Waals surface area contributed by atoms with Crippen LogP contribution in [0.2, 0.25) is 0 Å². The molecule has 1 unspecified atom stereocenters. The van der Waals surface area contributed by atoms with Crippen molar-refractivity contribution in [1.29, 1.82) is 0 Å². The second kappa shape index (κ2) is 5.87. The van der Waals surface area contributed by atoms with E-state index in [1.807, 2.05) is 36.1 Å². The first kappa shape index (κ1) is 12.9. The fourth-order valence-corrected chi connectivity index (χ4v) is 2.28. The van der Waals surface area contributed by atoms with E-state index in [0.29, 0.717) is 6.54 Å². The first-order chi connectivity index (χ1) is 8.74. The average molecular weight is 248 g/mol. The lowest BCUT2D eigenvalue weighted by Crippen LogP contribution is -2.37. The van der Waals surface area contributed by atoms with E-state index < -0.39 is 0 Å².